The Balaban J connectivity index is 1.57. The monoisotopic (exact) mass is 480 g/mol. The van der Waals surface area contributed by atoms with Crippen LogP contribution in [-0.4, -0.2) is 21.3 Å². The number of methoxy groups -OCH3 is 3. The molecule has 0 aliphatic rings. The molecule has 0 unspecified atom stereocenters. The first kappa shape index (κ1) is 25.8. The molecule has 4 aromatic rings. The normalized spacial score (nSPS) is 11.1. The summed E-state index contributed by atoms with van der Waals surface area (Å²) in [6.45, 7) is 1.93. The summed E-state index contributed by atoms with van der Waals surface area (Å²) in [7, 11) is 5.20. The van der Waals surface area contributed by atoms with E-state index in [0.29, 0.717) is 19.8 Å². The third-order valence-electron chi connectivity index (χ3n) is 6.47. The highest BCUT2D eigenvalue weighted by Gasteiger charge is 2.09. The van der Waals surface area contributed by atoms with Gasteiger partial charge in [-0.15, -0.1) is 0 Å². The van der Waals surface area contributed by atoms with Crippen molar-refractivity contribution in [3.63, 3.8) is 0 Å². The van der Waals surface area contributed by atoms with Crippen molar-refractivity contribution in [2.45, 2.75) is 39.1 Å². The van der Waals surface area contributed by atoms with Gasteiger partial charge in [-0.25, -0.2) is 0 Å². The van der Waals surface area contributed by atoms with Crippen LogP contribution in [0.5, 0.6) is 0 Å². The zero-order chi connectivity index (χ0) is 25.2. The fourth-order valence-corrected chi connectivity index (χ4v) is 4.56. The second-order valence-corrected chi connectivity index (χ2v) is 9.38. The number of ether oxygens (including phenoxy) is 3. The summed E-state index contributed by atoms with van der Waals surface area (Å²) >= 11 is 0. The highest BCUT2D eigenvalue weighted by molar-refractivity contribution is 5.41. The fraction of sp³-hybridized carbons (Fsp3) is 0.273. The highest BCUT2D eigenvalue weighted by Crippen LogP contribution is 2.23. The van der Waals surface area contributed by atoms with Gasteiger partial charge in [0.2, 0.25) is 0 Å². The van der Waals surface area contributed by atoms with Gasteiger partial charge in [-0.3, -0.25) is 0 Å². The average Bonchev–Trinajstić information content (AvgIpc) is 2.89. The molecule has 0 atom stereocenters. The second kappa shape index (κ2) is 13.2. The Hall–Kier alpha value is -3.24. The van der Waals surface area contributed by atoms with Crippen LogP contribution in [0.2, 0.25) is 0 Å². The minimum atomic E-state index is 0.642. The molecule has 3 heteroatoms. The van der Waals surface area contributed by atoms with E-state index in [4.69, 9.17) is 14.2 Å². The van der Waals surface area contributed by atoms with Gasteiger partial charge in [0.1, 0.15) is 0 Å². The predicted molar refractivity (Wildman–Crippen MR) is 146 cm³/mol. The van der Waals surface area contributed by atoms with Crippen molar-refractivity contribution < 1.29 is 14.2 Å². The largest absolute Gasteiger partial charge is 0.380 e. The van der Waals surface area contributed by atoms with Gasteiger partial charge in [0.25, 0.3) is 0 Å². The molecule has 0 saturated heterocycles. The summed E-state index contributed by atoms with van der Waals surface area (Å²) in [4.78, 5) is 0. The van der Waals surface area contributed by atoms with Gasteiger partial charge in [-0.2, -0.15) is 0 Å². The topological polar surface area (TPSA) is 27.7 Å². The van der Waals surface area contributed by atoms with Gasteiger partial charge in [0.15, 0.2) is 0 Å². The maximum Gasteiger partial charge on any atom is 0.0713 e. The fourth-order valence-electron chi connectivity index (χ4n) is 4.56. The molecule has 0 heterocycles. The lowest BCUT2D eigenvalue weighted by atomic mass is 9.91. The molecule has 3 nitrogen and oxygen atoms in total. The summed E-state index contributed by atoms with van der Waals surface area (Å²) in [5.74, 6) is 0. The van der Waals surface area contributed by atoms with E-state index >= 15 is 0 Å². The summed E-state index contributed by atoms with van der Waals surface area (Å²) in [6.07, 6.45) is 2.74. The number of hydrogen-bond acceptors (Lipinski definition) is 3. The Labute approximate surface area is 215 Å². The van der Waals surface area contributed by atoms with Crippen LogP contribution in [0.1, 0.15) is 50.1 Å². The quantitative estimate of drug-likeness (QED) is 0.221. The Kier molecular flexibility index (Phi) is 9.46. The molecule has 4 aromatic carbocycles. The number of hydrogen-bond donors (Lipinski definition) is 0. The zero-order valence-corrected chi connectivity index (χ0v) is 21.6. The lowest BCUT2D eigenvalue weighted by molar-refractivity contribution is 0.185. The predicted octanol–water partition coefficient (Wildman–Crippen LogP) is 6.90. The molecule has 0 bridgehead atoms. The lowest BCUT2D eigenvalue weighted by Crippen LogP contribution is -2.01. The Morgan fingerprint density at radius 2 is 0.694 bits per heavy atom. The van der Waals surface area contributed by atoms with Gasteiger partial charge < -0.3 is 14.2 Å². The zero-order valence-electron chi connectivity index (χ0n) is 21.6. The summed E-state index contributed by atoms with van der Waals surface area (Å²) in [6, 6.07) is 33.2. The van der Waals surface area contributed by atoms with Crippen LogP contribution in [0.4, 0.5) is 0 Å². The number of benzene rings is 4. The van der Waals surface area contributed by atoms with Crippen LogP contribution < -0.4 is 0 Å². The molecule has 186 valence electrons. The first-order chi connectivity index (χ1) is 17.7. The maximum atomic E-state index is 5.27. The molecule has 0 N–H and O–H groups in total. The third kappa shape index (κ3) is 7.38. The van der Waals surface area contributed by atoms with Gasteiger partial charge in [-0.05, 0) is 69.3 Å². The van der Waals surface area contributed by atoms with E-state index in [1.54, 1.807) is 21.3 Å². The summed E-state index contributed by atoms with van der Waals surface area (Å²) in [5.41, 5.74) is 11.6. The molecule has 0 saturated carbocycles. The van der Waals surface area contributed by atoms with Crippen molar-refractivity contribution in [3.8, 4) is 0 Å². The van der Waals surface area contributed by atoms with Crippen LogP contribution in [-0.2, 0) is 53.3 Å². The molecule has 0 radical (unpaired) electrons. The van der Waals surface area contributed by atoms with Crippen molar-refractivity contribution in [1.29, 1.82) is 0 Å². The van der Waals surface area contributed by atoms with Crippen LogP contribution >= 0.6 is 0 Å². The van der Waals surface area contributed by atoms with E-state index in [9.17, 15) is 0 Å². The van der Waals surface area contributed by atoms with Crippen molar-refractivity contribution in [1.82, 2.24) is 0 Å². The maximum absolute atomic E-state index is 5.27. The summed E-state index contributed by atoms with van der Waals surface area (Å²) in [5, 5.41) is 0. The molecular weight excluding hydrogens is 444 g/mol. The van der Waals surface area contributed by atoms with Gasteiger partial charge >= 0.3 is 0 Å². The SMILES string of the molecule is COCc1ccc(Cc2ccc(Cc3ccc(COC)cc3)c(Cc3ccc(COC)cc3)c2)cc1. The molecule has 4 rings (SSSR count). The molecular formula is C33H36O3. The molecule has 0 aliphatic heterocycles. The van der Waals surface area contributed by atoms with Crippen molar-refractivity contribution >= 4 is 0 Å². The van der Waals surface area contributed by atoms with E-state index in [2.05, 4.69) is 91.0 Å². The van der Waals surface area contributed by atoms with E-state index in [1.807, 2.05) is 0 Å². The minimum absolute atomic E-state index is 0.642. The van der Waals surface area contributed by atoms with Crippen molar-refractivity contribution in [3.05, 3.63) is 141 Å². The molecule has 0 amide bonds. The van der Waals surface area contributed by atoms with E-state index in [0.717, 1.165) is 19.3 Å². The van der Waals surface area contributed by atoms with Crippen LogP contribution in [0.25, 0.3) is 0 Å². The molecule has 0 aromatic heterocycles. The third-order valence-corrected chi connectivity index (χ3v) is 6.47. The van der Waals surface area contributed by atoms with Gasteiger partial charge in [0.05, 0.1) is 19.8 Å². The van der Waals surface area contributed by atoms with Crippen molar-refractivity contribution in [2.75, 3.05) is 21.3 Å². The Morgan fingerprint density at radius 1 is 0.361 bits per heavy atom. The van der Waals surface area contributed by atoms with E-state index in [-0.39, 0.29) is 0 Å². The standard InChI is InChI=1S/C33H36O3/c1-34-22-28-10-4-25(5-11-28)18-31-16-17-32(19-26-6-12-29(13-7-26)23-35-2)33(21-31)20-27-8-14-30(15-9-27)24-36-3/h4-17,21H,18-20,22-24H2,1-3H3. The lowest BCUT2D eigenvalue weighted by Gasteiger charge is -2.14. The minimum Gasteiger partial charge on any atom is -0.380 e. The highest BCUT2D eigenvalue weighted by atomic mass is 16.5. The molecule has 0 spiro atoms. The van der Waals surface area contributed by atoms with E-state index < -0.39 is 0 Å². The average molecular weight is 481 g/mol. The molecule has 0 fully saturated rings. The number of rotatable bonds is 12. The van der Waals surface area contributed by atoms with Crippen LogP contribution in [0.15, 0.2) is 91.0 Å². The van der Waals surface area contributed by atoms with Gasteiger partial charge in [0, 0.05) is 21.3 Å². The molecule has 0 aliphatic carbocycles. The van der Waals surface area contributed by atoms with Crippen LogP contribution in [0.3, 0.4) is 0 Å². The van der Waals surface area contributed by atoms with Crippen molar-refractivity contribution in [2.24, 2.45) is 0 Å². The Morgan fingerprint density at radius 3 is 1.11 bits per heavy atom. The first-order valence-corrected chi connectivity index (χ1v) is 12.5. The smallest absolute Gasteiger partial charge is 0.0713 e. The Bertz CT molecular complexity index is 1210. The van der Waals surface area contributed by atoms with Gasteiger partial charge in [-0.1, -0.05) is 91.0 Å². The second-order valence-electron chi connectivity index (χ2n) is 9.38. The molecule has 36 heavy (non-hydrogen) atoms. The van der Waals surface area contributed by atoms with Crippen LogP contribution in [0, 0.1) is 0 Å². The first-order valence-electron chi connectivity index (χ1n) is 12.5. The van der Waals surface area contributed by atoms with E-state index in [1.165, 1.54) is 50.1 Å². The summed E-state index contributed by atoms with van der Waals surface area (Å²) < 4.78 is 15.8.